The summed E-state index contributed by atoms with van der Waals surface area (Å²) in [7, 11) is 0. The van der Waals surface area contributed by atoms with Crippen molar-refractivity contribution in [2.75, 3.05) is 0 Å². The summed E-state index contributed by atoms with van der Waals surface area (Å²) in [5.41, 5.74) is 1.58. The van der Waals surface area contributed by atoms with Crippen molar-refractivity contribution < 1.29 is 24.5 Å². The molecule has 2 aromatic carbocycles. The van der Waals surface area contributed by atoms with E-state index in [0.717, 1.165) is 11.1 Å². The Labute approximate surface area is 175 Å². The van der Waals surface area contributed by atoms with E-state index in [2.05, 4.69) is 5.32 Å². The molecule has 3 N–H and O–H groups in total. The molecule has 0 spiro atoms. The van der Waals surface area contributed by atoms with Crippen LogP contribution in [0.2, 0.25) is 5.02 Å². The van der Waals surface area contributed by atoms with Crippen molar-refractivity contribution in [3.63, 3.8) is 0 Å². The Balaban J connectivity index is 2.06. The van der Waals surface area contributed by atoms with Gasteiger partial charge in [-0.25, -0.2) is 0 Å². The van der Waals surface area contributed by atoms with Gasteiger partial charge < -0.3 is 14.9 Å². The zero-order valence-corrected chi connectivity index (χ0v) is 17.2. The summed E-state index contributed by atoms with van der Waals surface area (Å²) in [6.45, 7) is 4.08. The first kappa shape index (κ1) is 22.7. The zero-order chi connectivity index (χ0) is 21.4. The molecule has 0 saturated carbocycles. The number of halogens is 1. The highest BCUT2D eigenvalue weighted by Crippen LogP contribution is 2.20. The fraction of sp³-hybridized carbons (Fsp3) is 0.364. The molecule has 2 rings (SSSR count). The second-order valence-corrected chi connectivity index (χ2v) is 7.72. The highest BCUT2D eigenvalue weighted by atomic mass is 35.5. The summed E-state index contributed by atoms with van der Waals surface area (Å²) in [6, 6.07) is 12.5. The second-order valence-electron chi connectivity index (χ2n) is 7.31. The number of hydrogen-bond donors (Lipinski definition) is 3. The number of ether oxygens (including phenoxy) is 1. The lowest BCUT2D eigenvalue weighted by atomic mass is 10.0. The third-order valence-electron chi connectivity index (χ3n) is 4.40. The number of carboxylic acids is 2. The molecule has 156 valence electrons. The third kappa shape index (κ3) is 7.40. The van der Waals surface area contributed by atoms with Crippen LogP contribution in [-0.4, -0.2) is 34.2 Å². The molecule has 0 saturated heterocycles. The summed E-state index contributed by atoms with van der Waals surface area (Å²) in [5.74, 6) is -1.44. The van der Waals surface area contributed by atoms with Gasteiger partial charge in [0.15, 0.2) is 0 Å². The monoisotopic (exact) mass is 419 g/mol. The van der Waals surface area contributed by atoms with E-state index in [1.54, 1.807) is 30.3 Å². The maximum absolute atomic E-state index is 11.7. The largest absolute Gasteiger partial charge is 0.489 e. The lowest BCUT2D eigenvalue weighted by Gasteiger charge is -2.22. The van der Waals surface area contributed by atoms with E-state index in [1.165, 1.54) is 0 Å². The molecular formula is C22H26ClNO5. The van der Waals surface area contributed by atoms with Gasteiger partial charge in [0.1, 0.15) is 24.4 Å². The van der Waals surface area contributed by atoms with Gasteiger partial charge in [0.05, 0.1) is 0 Å². The quantitative estimate of drug-likeness (QED) is 0.509. The molecule has 0 heterocycles. The van der Waals surface area contributed by atoms with Crippen LogP contribution in [-0.2, 0) is 22.6 Å². The normalized spacial score (nSPS) is 13.1. The van der Waals surface area contributed by atoms with Crippen molar-refractivity contribution in [1.29, 1.82) is 0 Å². The smallest absolute Gasteiger partial charge is 0.321 e. The van der Waals surface area contributed by atoms with E-state index in [-0.39, 0.29) is 12.3 Å². The molecule has 0 unspecified atom stereocenters. The standard InChI is InChI=1S/C22H26ClNO5/c1-14(2)10-19(21(25)26)24-20(22(27)28)12-15-6-5-8-17(11-15)29-13-16-7-3-4-9-18(16)23/h3-9,11,14,19-20,24H,10,12-13H2,1-2H3,(H,25,26)(H,27,28)/t19-,20-/m0/s1. The molecule has 6 nitrogen and oxygen atoms in total. The predicted molar refractivity (Wildman–Crippen MR) is 111 cm³/mol. The van der Waals surface area contributed by atoms with Crippen LogP contribution in [0.25, 0.3) is 0 Å². The minimum atomic E-state index is -1.10. The van der Waals surface area contributed by atoms with Gasteiger partial charge in [-0.3, -0.25) is 14.9 Å². The highest BCUT2D eigenvalue weighted by molar-refractivity contribution is 6.31. The number of rotatable bonds is 11. The fourth-order valence-electron chi connectivity index (χ4n) is 2.95. The topological polar surface area (TPSA) is 95.9 Å². The Morgan fingerprint density at radius 2 is 1.72 bits per heavy atom. The Morgan fingerprint density at radius 3 is 2.34 bits per heavy atom. The molecule has 0 aliphatic rings. The van der Waals surface area contributed by atoms with Crippen LogP contribution in [0.4, 0.5) is 0 Å². The van der Waals surface area contributed by atoms with E-state index in [0.29, 0.717) is 23.8 Å². The van der Waals surface area contributed by atoms with Gasteiger partial charge in [0.25, 0.3) is 0 Å². The molecule has 0 aliphatic carbocycles. The number of carbonyl (C=O) groups is 2. The zero-order valence-electron chi connectivity index (χ0n) is 16.5. The van der Waals surface area contributed by atoms with Gasteiger partial charge in [-0.15, -0.1) is 0 Å². The summed E-state index contributed by atoms with van der Waals surface area (Å²) >= 11 is 6.13. The first-order chi connectivity index (χ1) is 13.8. The Morgan fingerprint density at radius 1 is 1.03 bits per heavy atom. The predicted octanol–water partition coefficient (Wildman–Crippen LogP) is 4.00. The van der Waals surface area contributed by atoms with Crippen LogP contribution in [0, 0.1) is 5.92 Å². The van der Waals surface area contributed by atoms with E-state index in [9.17, 15) is 19.8 Å². The first-order valence-electron chi connectivity index (χ1n) is 9.43. The van der Waals surface area contributed by atoms with E-state index in [1.807, 2.05) is 32.0 Å². The van der Waals surface area contributed by atoms with Crippen LogP contribution in [0.5, 0.6) is 5.75 Å². The third-order valence-corrected chi connectivity index (χ3v) is 4.76. The fourth-order valence-corrected chi connectivity index (χ4v) is 3.14. The molecule has 0 aliphatic heterocycles. The number of carboxylic acid groups (broad SMARTS) is 2. The van der Waals surface area contributed by atoms with Gasteiger partial charge in [0.2, 0.25) is 0 Å². The van der Waals surface area contributed by atoms with Gasteiger partial charge in [-0.05, 0) is 42.5 Å². The van der Waals surface area contributed by atoms with E-state index >= 15 is 0 Å². The number of aliphatic carboxylic acids is 2. The number of benzene rings is 2. The Hall–Kier alpha value is -2.57. The van der Waals surface area contributed by atoms with Gasteiger partial charge in [-0.1, -0.05) is 55.8 Å². The SMILES string of the molecule is CC(C)C[C@H](N[C@@H](Cc1cccc(OCc2ccccc2Cl)c1)C(=O)O)C(=O)O. The van der Waals surface area contributed by atoms with Crippen molar-refractivity contribution in [3.05, 3.63) is 64.7 Å². The summed E-state index contributed by atoms with van der Waals surface area (Å²) in [6.07, 6.45) is 0.487. The number of hydrogen-bond acceptors (Lipinski definition) is 4. The maximum Gasteiger partial charge on any atom is 0.321 e. The summed E-state index contributed by atoms with van der Waals surface area (Å²) in [4.78, 5) is 23.1. The summed E-state index contributed by atoms with van der Waals surface area (Å²) < 4.78 is 5.78. The van der Waals surface area contributed by atoms with Crippen LogP contribution in [0.1, 0.15) is 31.4 Å². The van der Waals surface area contributed by atoms with Crippen molar-refractivity contribution in [1.82, 2.24) is 5.32 Å². The average molecular weight is 420 g/mol. The van der Waals surface area contributed by atoms with Crippen molar-refractivity contribution in [3.8, 4) is 5.75 Å². The molecule has 2 aromatic rings. The number of nitrogens with one attached hydrogen (secondary N) is 1. The minimum Gasteiger partial charge on any atom is -0.489 e. The minimum absolute atomic E-state index is 0.125. The molecule has 0 fully saturated rings. The lowest BCUT2D eigenvalue weighted by Crippen LogP contribution is -2.48. The second kappa shape index (κ2) is 10.8. The van der Waals surface area contributed by atoms with Gasteiger partial charge >= 0.3 is 11.9 Å². The molecular weight excluding hydrogens is 394 g/mol. The van der Waals surface area contributed by atoms with Gasteiger partial charge in [-0.2, -0.15) is 0 Å². The average Bonchev–Trinajstić information content (AvgIpc) is 2.66. The molecule has 0 amide bonds. The van der Waals surface area contributed by atoms with E-state index < -0.39 is 24.0 Å². The Kier molecular flexibility index (Phi) is 8.49. The molecule has 0 radical (unpaired) electrons. The molecule has 7 heteroatoms. The van der Waals surface area contributed by atoms with Crippen molar-refractivity contribution >= 4 is 23.5 Å². The molecule has 0 bridgehead atoms. The lowest BCUT2D eigenvalue weighted by molar-refractivity contribution is -0.142. The van der Waals surface area contributed by atoms with Crippen molar-refractivity contribution in [2.24, 2.45) is 5.92 Å². The highest BCUT2D eigenvalue weighted by Gasteiger charge is 2.26. The Bertz CT molecular complexity index is 839. The molecule has 0 aromatic heterocycles. The van der Waals surface area contributed by atoms with Crippen LogP contribution in [0.3, 0.4) is 0 Å². The molecule has 2 atom stereocenters. The first-order valence-corrected chi connectivity index (χ1v) is 9.81. The summed E-state index contributed by atoms with van der Waals surface area (Å²) in [5, 5.41) is 22.3. The van der Waals surface area contributed by atoms with E-state index in [4.69, 9.17) is 16.3 Å². The maximum atomic E-state index is 11.7. The van der Waals surface area contributed by atoms with Crippen LogP contribution >= 0.6 is 11.6 Å². The van der Waals surface area contributed by atoms with Crippen molar-refractivity contribution in [2.45, 2.75) is 45.4 Å². The molecule has 29 heavy (non-hydrogen) atoms. The van der Waals surface area contributed by atoms with Crippen LogP contribution in [0.15, 0.2) is 48.5 Å². The van der Waals surface area contributed by atoms with Crippen LogP contribution < -0.4 is 10.1 Å². The van der Waals surface area contributed by atoms with Gasteiger partial charge in [0, 0.05) is 10.6 Å².